The van der Waals surface area contributed by atoms with Crippen molar-refractivity contribution >= 4 is 12.9 Å². The summed E-state index contributed by atoms with van der Waals surface area (Å²) in [5.74, 6) is 0.0315. The third kappa shape index (κ3) is 1.58. The second-order valence-electron chi connectivity index (χ2n) is 2.81. The lowest BCUT2D eigenvalue weighted by molar-refractivity contribution is -0.367. The lowest BCUT2D eigenvalue weighted by Gasteiger charge is -2.25. The highest BCUT2D eigenvalue weighted by atomic mass is 19.3. The molecule has 0 fully saturated rings. The van der Waals surface area contributed by atoms with Gasteiger partial charge in [-0.3, -0.25) is 4.74 Å². The molecule has 0 atom stereocenters. The Kier molecular flexibility index (Phi) is 2.17. The van der Waals surface area contributed by atoms with Gasteiger partial charge in [-0.2, -0.15) is 0 Å². The van der Waals surface area contributed by atoms with Crippen molar-refractivity contribution in [3.05, 3.63) is 23.8 Å². The molecule has 14 heavy (non-hydrogen) atoms. The number of halogens is 2. The zero-order chi connectivity index (χ0) is 10.2. The molecule has 1 aromatic rings. The summed E-state index contributed by atoms with van der Waals surface area (Å²) in [6.45, 7) is -0.282. The number of hydrogen-bond donors (Lipinski definition) is 1. The summed E-state index contributed by atoms with van der Waals surface area (Å²) in [5, 5.41) is 8.80. The summed E-state index contributed by atoms with van der Waals surface area (Å²) in [4.78, 5) is 0. The molecule has 0 saturated heterocycles. The minimum atomic E-state index is -3.58. The quantitative estimate of drug-likeness (QED) is 0.664. The van der Waals surface area contributed by atoms with Crippen molar-refractivity contribution in [1.82, 2.24) is 0 Å². The van der Waals surface area contributed by atoms with Crippen LogP contribution in [0.2, 0.25) is 0 Å². The van der Waals surface area contributed by atoms with E-state index in [1.54, 1.807) is 6.07 Å². The van der Waals surface area contributed by atoms with Crippen molar-refractivity contribution in [1.29, 1.82) is 0 Å². The van der Waals surface area contributed by atoms with E-state index in [0.29, 0.717) is 11.0 Å². The van der Waals surface area contributed by atoms with E-state index in [-0.39, 0.29) is 12.4 Å². The Morgan fingerprint density at radius 2 is 2.21 bits per heavy atom. The second kappa shape index (κ2) is 3.22. The maximum Gasteiger partial charge on any atom is 0.535 e. The molecular weight excluding hydrogens is 193 g/mol. The first kappa shape index (κ1) is 9.42. The van der Waals surface area contributed by atoms with Crippen molar-refractivity contribution in [3.8, 4) is 5.75 Å². The molecule has 73 valence electrons. The fourth-order valence-corrected chi connectivity index (χ4v) is 1.27. The third-order valence-electron chi connectivity index (χ3n) is 1.92. The molecule has 3 nitrogen and oxygen atoms in total. The van der Waals surface area contributed by atoms with Gasteiger partial charge in [-0.1, -0.05) is 12.1 Å². The molecule has 1 radical (unpaired) electrons. The van der Waals surface area contributed by atoms with E-state index in [4.69, 9.17) is 5.02 Å². The first-order valence-electron chi connectivity index (χ1n) is 3.92. The molecule has 0 amide bonds. The van der Waals surface area contributed by atoms with Gasteiger partial charge in [0, 0.05) is 5.56 Å². The predicted octanol–water partition coefficient (Wildman–Crippen LogP) is 0.383. The first-order chi connectivity index (χ1) is 6.62. The fraction of sp³-hybridized carbons (Fsp3) is 0.250. The third-order valence-corrected chi connectivity index (χ3v) is 1.92. The minimum absolute atomic E-state index is 0.0315. The zero-order valence-electron chi connectivity index (χ0n) is 7.04. The number of alkyl halides is 2. The average molecular weight is 199 g/mol. The van der Waals surface area contributed by atoms with Crippen LogP contribution in [0.5, 0.6) is 5.75 Å². The Bertz CT molecular complexity index is 356. The highest BCUT2D eigenvalue weighted by molar-refractivity contribution is 6.46. The van der Waals surface area contributed by atoms with Crippen molar-refractivity contribution in [2.24, 2.45) is 0 Å². The van der Waals surface area contributed by atoms with Crippen molar-refractivity contribution < 1.29 is 23.3 Å². The van der Waals surface area contributed by atoms with Crippen LogP contribution in [0, 0.1) is 0 Å². The van der Waals surface area contributed by atoms with Gasteiger partial charge in [0.2, 0.25) is 0 Å². The van der Waals surface area contributed by atoms with Crippen molar-refractivity contribution in [2.45, 2.75) is 12.9 Å². The lowest BCUT2D eigenvalue weighted by atomic mass is 9.84. The van der Waals surface area contributed by atoms with Gasteiger partial charge in [0.05, 0.1) is 6.61 Å². The van der Waals surface area contributed by atoms with Crippen LogP contribution in [0.25, 0.3) is 0 Å². The minimum Gasteiger partial charge on any atom is -0.450 e. The van der Waals surface area contributed by atoms with E-state index in [1.807, 2.05) is 0 Å². The van der Waals surface area contributed by atoms with E-state index < -0.39 is 6.29 Å². The number of ether oxygens (including phenoxy) is 2. The van der Waals surface area contributed by atoms with E-state index in [0.717, 1.165) is 7.48 Å². The van der Waals surface area contributed by atoms with Gasteiger partial charge >= 0.3 is 13.8 Å². The molecule has 6 heteroatoms. The van der Waals surface area contributed by atoms with Crippen LogP contribution in [0.1, 0.15) is 5.56 Å². The van der Waals surface area contributed by atoms with Gasteiger partial charge in [0.1, 0.15) is 5.75 Å². The summed E-state index contributed by atoms with van der Waals surface area (Å²) in [7, 11) is 0.828. The molecule has 0 unspecified atom stereocenters. The van der Waals surface area contributed by atoms with Crippen molar-refractivity contribution in [3.63, 3.8) is 0 Å². The Morgan fingerprint density at radius 3 is 2.93 bits per heavy atom. The topological polar surface area (TPSA) is 38.7 Å². The Morgan fingerprint density at radius 1 is 1.43 bits per heavy atom. The van der Waals surface area contributed by atoms with Crippen LogP contribution < -0.4 is 10.2 Å². The molecule has 1 aliphatic heterocycles. The van der Waals surface area contributed by atoms with Gasteiger partial charge in [0.15, 0.2) is 0 Å². The largest absolute Gasteiger partial charge is 0.535 e. The molecule has 0 aliphatic carbocycles. The summed E-state index contributed by atoms with van der Waals surface area (Å²) in [5.41, 5.74) is 0.832. The normalized spacial score (nSPS) is 18.2. The fourth-order valence-electron chi connectivity index (χ4n) is 1.27. The van der Waals surface area contributed by atoms with E-state index >= 15 is 0 Å². The Balaban J connectivity index is 2.40. The molecule has 1 N–H and O–H groups in total. The highest BCUT2D eigenvalue weighted by Crippen LogP contribution is 2.31. The van der Waals surface area contributed by atoms with Gasteiger partial charge in [0.25, 0.3) is 0 Å². The van der Waals surface area contributed by atoms with Crippen LogP contribution in [-0.2, 0) is 11.3 Å². The van der Waals surface area contributed by atoms with Gasteiger partial charge < -0.3 is 9.76 Å². The van der Waals surface area contributed by atoms with E-state index in [2.05, 4.69) is 9.47 Å². The van der Waals surface area contributed by atoms with Gasteiger partial charge in [-0.15, -0.1) is 8.78 Å². The molecule has 0 aromatic heterocycles. The summed E-state index contributed by atoms with van der Waals surface area (Å²) >= 11 is 0. The summed E-state index contributed by atoms with van der Waals surface area (Å²) in [6, 6.07) is 4.50. The van der Waals surface area contributed by atoms with Gasteiger partial charge in [-0.05, 0) is 11.5 Å². The number of hydrogen-bond acceptors (Lipinski definition) is 3. The maximum absolute atomic E-state index is 12.6. The number of rotatable bonds is 1. The molecular formula is C8H6BF2O3. The second-order valence-corrected chi connectivity index (χ2v) is 2.81. The number of fused-ring (bicyclic) bond motifs is 1. The Labute approximate surface area is 79.5 Å². The number of benzene rings is 1. The van der Waals surface area contributed by atoms with Crippen molar-refractivity contribution in [2.75, 3.05) is 0 Å². The molecule has 1 heterocycles. The molecule has 0 spiro atoms. The average Bonchev–Trinajstić information content (AvgIpc) is 2.15. The van der Waals surface area contributed by atoms with E-state index in [9.17, 15) is 8.78 Å². The SMILES string of the molecule is O[B]c1cccc2c1COC(F)(F)O2. The zero-order valence-corrected chi connectivity index (χ0v) is 7.04. The molecule has 2 rings (SSSR count). The monoisotopic (exact) mass is 199 g/mol. The summed E-state index contributed by atoms with van der Waals surface area (Å²) in [6.07, 6.45) is -3.58. The molecule has 0 saturated carbocycles. The van der Waals surface area contributed by atoms with Crippen LogP contribution in [-0.4, -0.2) is 18.8 Å². The standard InChI is InChI=1S/C8H6BF2O3/c10-8(11)13-4-5-6(9-12)2-1-3-7(5)14-8/h1-3,12H,4H2. The summed E-state index contributed by atoms with van der Waals surface area (Å²) < 4.78 is 33.6. The van der Waals surface area contributed by atoms with E-state index in [1.165, 1.54) is 12.1 Å². The first-order valence-corrected chi connectivity index (χ1v) is 3.92. The van der Waals surface area contributed by atoms with Crippen LogP contribution in [0.15, 0.2) is 18.2 Å². The van der Waals surface area contributed by atoms with Crippen LogP contribution >= 0.6 is 0 Å². The smallest absolute Gasteiger partial charge is 0.450 e. The Hall–Kier alpha value is -1.14. The molecule has 1 aromatic carbocycles. The lowest BCUT2D eigenvalue weighted by Crippen LogP contribution is -2.35. The maximum atomic E-state index is 12.6. The highest BCUT2D eigenvalue weighted by Gasteiger charge is 2.39. The van der Waals surface area contributed by atoms with Crippen LogP contribution in [0.3, 0.4) is 0 Å². The molecule has 1 aliphatic rings. The molecule has 0 bridgehead atoms. The van der Waals surface area contributed by atoms with Crippen LogP contribution in [0.4, 0.5) is 8.78 Å². The van der Waals surface area contributed by atoms with Gasteiger partial charge in [-0.25, -0.2) is 0 Å². The predicted molar refractivity (Wildman–Crippen MR) is 44.4 cm³/mol.